The van der Waals surface area contributed by atoms with Gasteiger partial charge in [-0.3, -0.25) is 0 Å². The Morgan fingerprint density at radius 2 is 2.05 bits per heavy atom. The molecule has 108 valence electrons. The van der Waals surface area contributed by atoms with E-state index in [9.17, 15) is 4.79 Å². The zero-order chi connectivity index (χ0) is 15.2. The molecule has 4 heteroatoms. The molecule has 0 heterocycles. The number of rotatable bonds is 5. The van der Waals surface area contributed by atoms with Crippen LogP contribution in [0.1, 0.15) is 16.7 Å². The smallest absolute Gasteiger partial charge is 0.328 e. The summed E-state index contributed by atoms with van der Waals surface area (Å²) in [6.07, 6.45) is 2.55. The summed E-state index contributed by atoms with van der Waals surface area (Å²) < 4.78 is 5.71. The van der Waals surface area contributed by atoms with Crippen molar-refractivity contribution >= 4 is 23.6 Å². The number of hydrogen-bond donors (Lipinski definition) is 1. The predicted octanol–water partition coefficient (Wildman–Crippen LogP) is 4.33. The summed E-state index contributed by atoms with van der Waals surface area (Å²) >= 11 is 6.14. The topological polar surface area (TPSA) is 46.5 Å². The van der Waals surface area contributed by atoms with Crippen molar-refractivity contribution in [3.8, 4) is 5.75 Å². The lowest BCUT2D eigenvalue weighted by atomic mass is 10.1. The van der Waals surface area contributed by atoms with Gasteiger partial charge < -0.3 is 9.84 Å². The summed E-state index contributed by atoms with van der Waals surface area (Å²) in [6.45, 7) is 2.47. The van der Waals surface area contributed by atoms with Crippen molar-refractivity contribution in [1.82, 2.24) is 0 Å². The van der Waals surface area contributed by atoms with Gasteiger partial charge in [0.1, 0.15) is 12.4 Å². The highest BCUT2D eigenvalue weighted by atomic mass is 35.5. The number of ether oxygens (including phenoxy) is 1. The Labute approximate surface area is 128 Å². The zero-order valence-electron chi connectivity index (χ0n) is 11.5. The molecule has 0 saturated carbocycles. The number of halogens is 1. The lowest BCUT2D eigenvalue weighted by molar-refractivity contribution is -0.131. The van der Waals surface area contributed by atoms with Crippen LogP contribution in [0.25, 0.3) is 6.08 Å². The molecule has 0 radical (unpaired) electrons. The molecular weight excluding hydrogens is 288 g/mol. The highest BCUT2D eigenvalue weighted by Crippen LogP contribution is 2.27. The highest BCUT2D eigenvalue weighted by molar-refractivity contribution is 6.32. The molecule has 2 rings (SSSR count). The number of hydrogen-bond acceptors (Lipinski definition) is 2. The quantitative estimate of drug-likeness (QED) is 0.836. The molecule has 0 aliphatic rings. The van der Waals surface area contributed by atoms with E-state index in [4.69, 9.17) is 21.4 Å². The molecule has 0 amide bonds. The maximum absolute atomic E-state index is 10.5. The summed E-state index contributed by atoms with van der Waals surface area (Å²) in [7, 11) is 0. The molecule has 0 atom stereocenters. The maximum Gasteiger partial charge on any atom is 0.328 e. The molecule has 0 aromatic heterocycles. The van der Waals surface area contributed by atoms with Crippen LogP contribution in [0, 0.1) is 6.92 Å². The van der Waals surface area contributed by atoms with Crippen molar-refractivity contribution in [1.29, 1.82) is 0 Å². The number of carbonyl (C=O) groups is 1. The van der Waals surface area contributed by atoms with Crippen LogP contribution in [0.15, 0.2) is 48.5 Å². The second kappa shape index (κ2) is 6.95. The third kappa shape index (κ3) is 4.36. The van der Waals surface area contributed by atoms with E-state index in [0.29, 0.717) is 22.9 Å². The summed E-state index contributed by atoms with van der Waals surface area (Å²) in [4.78, 5) is 10.5. The van der Waals surface area contributed by atoms with Crippen molar-refractivity contribution in [3.05, 3.63) is 70.3 Å². The van der Waals surface area contributed by atoms with Gasteiger partial charge in [0.2, 0.25) is 0 Å². The SMILES string of the molecule is Cc1ccccc1COc1ccc(C=CC(=O)O)cc1Cl. The fourth-order valence-electron chi connectivity index (χ4n) is 1.83. The minimum Gasteiger partial charge on any atom is -0.487 e. The van der Waals surface area contributed by atoms with Crippen molar-refractivity contribution < 1.29 is 14.6 Å². The molecule has 2 aromatic carbocycles. The van der Waals surface area contributed by atoms with Gasteiger partial charge in [-0.15, -0.1) is 0 Å². The van der Waals surface area contributed by atoms with Crippen LogP contribution in [-0.2, 0) is 11.4 Å². The molecule has 0 bridgehead atoms. The normalized spacial score (nSPS) is 10.8. The molecule has 2 aromatic rings. The molecule has 0 unspecified atom stereocenters. The average molecular weight is 303 g/mol. The lowest BCUT2D eigenvalue weighted by Crippen LogP contribution is -1.98. The van der Waals surface area contributed by atoms with E-state index in [1.807, 2.05) is 31.2 Å². The van der Waals surface area contributed by atoms with Crippen LogP contribution in [0.4, 0.5) is 0 Å². The molecule has 0 fully saturated rings. The zero-order valence-corrected chi connectivity index (χ0v) is 12.3. The van der Waals surface area contributed by atoms with Gasteiger partial charge in [0, 0.05) is 6.08 Å². The number of aliphatic carboxylic acids is 1. The molecular formula is C17H15ClO3. The van der Waals surface area contributed by atoms with E-state index in [2.05, 4.69) is 0 Å². The van der Waals surface area contributed by atoms with Gasteiger partial charge in [0.15, 0.2) is 0 Å². The minimum absolute atomic E-state index is 0.441. The van der Waals surface area contributed by atoms with E-state index in [-0.39, 0.29) is 0 Å². The Balaban J connectivity index is 2.08. The average Bonchev–Trinajstić information content (AvgIpc) is 2.45. The fourth-order valence-corrected chi connectivity index (χ4v) is 2.08. The lowest BCUT2D eigenvalue weighted by Gasteiger charge is -2.10. The molecule has 0 saturated heterocycles. The van der Waals surface area contributed by atoms with Gasteiger partial charge in [-0.05, 0) is 41.8 Å². The van der Waals surface area contributed by atoms with Crippen LogP contribution in [0.3, 0.4) is 0 Å². The van der Waals surface area contributed by atoms with Crippen LogP contribution >= 0.6 is 11.6 Å². The first kappa shape index (κ1) is 15.1. The van der Waals surface area contributed by atoms with Crippen molar-refractivity contribution in [3.63, 3.8) is 0 Å². The van der Waals surface area contributed by atoms with Crippen molar-refractivity contribution in [2.75, 3.05) is 0 Å². The monoisotopic (exact) mass is 302 g/mol. The van der Waals surface area contributed by atoms with Gasteiger partial charge in [0.05, 0.1) is 5.02 Å². The Bertz CT molecular complexity index is 677. The van der Waals surface area contributed by atoms with E-state index >= 15 is 0 Å². The van der Waals surface area contributed by atoms with E-state index < -0.39 is 5.97 Å². The van der Waals surface area contributed by atoms with Gasteiger partial charge in [-0.25, -0.2) is 4.79 Å². The third-order valence-corrected chi connectivity index (χ3v) is 3.31. The van der Waals surface area contributed by atoms with Gasteiger partial charge >= 0.3 is 5.97 Å². The summed E-state index contributed by atoms with van der Waals surface area (Å²) in [5, 5.41) is 9.05. The van der Waals surface area contributed by atoms with Crippen molar-refractivity contribution in [2.45, 2.75) is 13.5 Å². The largest absolute Gasteiger partial charge is 0.487 e. The second-order valence-corrected chi connectivity index (χ2v) is 4.98. The molecule has 1 N–H and O–H groups in total. The number of aryl methyl sites for hydroxylation is 1. The Kier molecular flexibility index (Phi) is 5.01. The van der Waals surface area contributed by atoms with Gasteiger partial charge in [0.25, 0.3) is 0 Å². The van der Waals surface area contributed by atoms with Crippen LogP contribution in [0.5, 0.6) is 5.75 Å². The number of carboxylic acids is 1. The Hall–Kier alpha value is -2.26. The summed E-state index contributed by atoms with van der Waals surface area (Å²) in [5.74, 6) is -0.418. The summed E-state index contributed by atoms with van der Waals surface area (Å²) in [5.41, 5.74) is 2.98. The van der Waals surface area contributed by atoms with Gasteiger partial charge in [-0.1, -0.05) is 41.9 Å². The third-order valence-electron chi connectivity index (χ3n) is 3.02. The number of carboxylic acid groups (broad SMARTS) is 1. The Morgan fingerprint density at radius 3 is 2.71 bits per heavy atom. The van der Waals surface area contributed by atoms with Crippen LogP contribution < -0.4 is 4.74 Å². The van der Waals surface area contributed by atoms with E-state index in [1.165, 1.54) is 6.08 Å². The van der Waals surface area contributed by atoms with Crippen LogP contribution in [0.2, 0.25) is 5.02 Å². The molecule has 21 heavy (non-hydrogen) atoms. The highest BCUT2D eigenvalue weighted by Gasteiger charge is 2.04. The molecule has 3 nitrogen and oxygen atoms in total. The van der Waals surface area contributed by atoms with Gasteiger partial charge in [-0.2, -0.15) is 0 Å². The van der Waals surface area contributed by atoms with Crippen molar-refractivity contribution in [2.24, 2.45) is 0 Å². The molecule has 0 aliphatic carbocycles. The summed E-state index contributed by atoms with van der Waals surface area (Å²) in [6, 6.07) is 13.2. The minimum atomic E-state index is -0.994. The first-order chi connectivity index (χ1) is 10.1. The molecule has 0 spiro atoms. The van der Waals surface area contributed by atoms with E-state index in [1.54, 1.807) is 18.2 Å². The standard InChI is InChI=1S/C17H15ClO3/c1-12-4-2-3-5-14(12)11-21-16-8-6-13(10-15(16)18)7-9-17(19)20/h2-10H,11H2,1H3,(H,19,20). The Morgan fingerprint density at radius 1 is 1.29 bits per heavy atom. The van der Waals surface area contributed by atoms with Crippen LogP contribution in [-0.4, -0.2) is 11.1 Å². The van der Waals surface area contributed by atoms with E-state index in [0.717, 1.165) is 17.2 Å². The number of benzene rings is 2. The maximum atomic E-state index is 10.5. The molecule has 0 aliphatic heterocycles. The fraction of sp³-hybridized carbons (Fsp3) is 0.118. The predicted molar refractivity (Wildman–Crippen MR) is 83.6 cm³/mol. The second-order valence-electron chi connectivity index (χ2n) is 4.58. The first-order valence-electron chi connectivity index (χ1n) is 6.44. The first-order valence-corrected chi connectivity index (χ1v) is 6.82.